The van der Waals surface area contributed by atoms with Crippen molar-refractivity contribution in [1.82, 2.24) is 14.8 Å². The maximum atomic E-state index is 12.3. The second kappa shape index (κ2) is 7.63. The summed E-state index contributed by atoms with van der Waals surface area (Å²) in [5.41, 5.74) is 0.851. The molecule has 0 radical (unpaired) electrons. The van der Waals surface area contributed by atoms with E-state index in [2.05, 4.69) is 17.1 Å². The molecule has 0 bridgehead atoms. The van der Waals surface area contributed by atoms with Gasteiger partial charge in [0.25, 0.3) is 0 Å². The molecule has 1 aromatic carbocycles. The second-order valence-electron chi connectivity index (χ2n) is 4.99. The van der Waals surface area contributed by atoms with Gasteiger partial charge in [0.05, 0.1) is 23.4 Å². The lowest BCUT2D eigenvalue weighted by Crippen LogP contribution is -2.03. The van der Waals surface area contributed by atoms with E-state index in [9.17, 15) is 4.79 Å². The number of hydrogen-bond donors (Lipinski definition) is 0. The van der Waals surface area contributed by atoms with Gasteiger partial charge in [-0.15, -0.1) is 21.5 Å². The first-order valence-electron chi connectivity index (χ1n) is 7.51. The molecule has 3 rings (SSSR count). The Kier molecular flexibility index (Phi) is 5.32. The van der Waals surface area contributed by atoms with Crippen LogP contribution in [0.25, 0.3) is 5.69 Å². The number of nitrogens with zero attached hydrogens (tertiary/aromatic N) is 3. The molecule has 3 aromatic rings. The van der Waals surface area contributed by atoms with E-state index in [1.807, 2.05) is 41.0 Å². The number of rotatable bonds is 7. The zero-order valence-corrected chi connectivity index (χ0v) is 15.1. The average molecular weight is 359 g/mol. The van der Waals surface area contributed by atoms with Gasteiger partial charge in [0.2, 0.25) is 0 Å². The van der Waals surface area contributed by atoms with Gasteiger partial charge in [-0.25, -0.2) is 0 Å². The van der Waals surface area contributed by atoms with E-state index >= 15 is 0 Å². The molecule has 0 aliphatic rings. The fourth-order valence-corrected chi connectivity index (χ4v) is 4.02. The van der Waals surface area contributed by atoms with Crippen LogP contribution in [0.5, 0.6) is 5.75 Å². The van der Waals surface area contributed by atoms with Crippen LogP contribution in [-0.2, 0) is 6.42 Å². The zero-order valence-electron chi connectivity index (χ0n) is 13.4. The van der Waals surface area contributed by atoms with Gasteiger partial charge in [-0.2, -0.15) is 0 Å². The number of carbonyl (C=O) groups is 1. The van der Waals surface area contributed by atoms with E-state index in [0.29, 0.717) is 10.9 Å². The van der Waals surface area contributed by atoms with Crippen LogP contribution in [0.15, 0.2) is 47.9 Å². The van der Waals surface area contributed by atoms with Crippen LogP contribution in [0.4, 0.5) is 0 Å². The molecule has 124 valence electrons. The molecule has 24 heavy (non-hydrogen) atoms. The summed E-state index contributed by atoms with van der Waals surface area (Å²) in [6, 6.07) is 11.6. The fraction of sp³-hybridized carbons (Fsp3) is 0.235. The molecule has 0 N–H and O–H groups in total. The molecule has 0 aliphatic carbocycles. The number of ketones is 1. The Labute approximate surface area is 148 Å². The highest BCUT2D eigenvalue weighted by Gasteiger charge is 2.15. The number of aryl methyl sites for hydroxylation is 1. The van der Waals surface area contributed by atoms with E-state index < -0.39 is 0 Å². The molecule has 0 saturated heterocycles. The monoisotopic (exact) mass is 359 g/mol. The number of benzene rings is 1. The van der Waals surface area contributed by atoms with Crippen LogP contribution in [0.3, 0.4) is 0 Å². The fourth-order valence-electron chi connectivity index (χ4n) is 2.24. The van der Waals surface area contributed by atoms with Crippen molar-refractivity contribution in [3.8, 4) is 11.4 Å². The summed E-state index contributed by atoms with van der Waals surface area (Å²) in [5, 5.41) is 8.76. The van der Waals surface area contributed by atoms with Crippen molar-refractivity contribution < 1.29 is 9.53 Å². The van der Waals surface area contributed by atoms with Gasteiger partial charge in [-0.3, -0.25) is 9.36 Å². The van der Waals surface area contributed by atoms with Crippen LogP contribution in [0.1, 0.15) is 21.5 Å². The number of para-hydroxylation sites is 2. The molecular formula is C17H17N3O2S2. The number of Topliss-reactive ketones (excluding diaryl/α,β-unsaturated/α-hetero) is 1. The molecule has 7 heteroatoms. The highest BCUT2D eigenvalue weighted by molar-refractivity contribution is 7.99. The third-order valence-corrected chi connectivity index (χ3v) is 5.69. The van der Waals surface area contributed by atoms with E-state index in [0.717, 1.165) is 22.7 Å². The minimum absolute atomic E-state index is 0.110. The predicted octanol–water partition coefficient (Wildman–Crippen LogP) is 3.87. The van der Waals surface area contributed by atoms with Crippen molar-refractivity contribution in [3.05, 3.63) is 52.5 Å². The molecule has 0 unspecified atom stereocenters. The second-order valence-corrected chi connectivity index (χ2v) is 7.10. The summed E-state index contributed by atoms with van der Waals surface area (Å²) in [4.78, 5) is 14.4. The van der Waals surface area contributed by atoms with E-state index in [4.69, 9.17) is 4.74 Å². The van der Waals surface area contributed by atoms with Crippen LogP contribution < -0.4 is 4.74 Å². The lowest BCUT2D eigenvalue weighted by Gasteiger charge is -2.10. The summed E-state index contributed by atoms with van der Waals surface area (Å²) < 4.78 is 7.22. The van der Waals surface area contributed by atoms with E-state index in [-0.39, 0.29) is 5.78 Å². The van der Waals surface area contributed by atoms with E-state index in [1.165, 1.54) is 16.6 Å². The molecule has 2 aromatic heterocycles. The Morgan fingerprint density at radius 2 is 2.12 bits per heavy atom. The Morgan fingerprint density at radius 3 is 2.88 bits per heavy atom. The minimum Gasteiger partial charge on any atom is -0.495 e. The Bertz CT molecular complexity index is 842. The smallest absolute Gasteiger partial charge is 0.196 e. The number of thiophene rings is 1. The molecule has 0 amide bonds. The highest BCUT2D eigenvalue weighted by Crippen LogP contribution is 2.27. The van der Waals surface area contributed by atoms with Crippen LogP contribution in [0.2, 0.25) is 0 Å². The first-order valence-corrected chi connectivity index (χ1v) is 9.31. The first kappa shape index (κ1) is 16.7. The Morgan fingerprint density at radius 1 is 1.29 bits per heavy atom. The van der Waals surface area contributed by atoms with Crippen molar-refractivity contribution in [2.24, 2.45) is 0 Å². The lowest BCUT2D eigenvalue weighted by molar-refractivity contribution is 0.102. The third-order valence-electron chi connectivity index (χ3n) is 3.48. The van der Waals surface area contributed by atoms with Gasteiger partial charge in [0, 0.05) is 4.88 Å². The zero-order chi connectivity index (χ0) is 16.9. The maximum Gasteiger partial charge on any atom is 0.196 e. The van der Waals surface area contributed by atoms with Crippen molar-refractivity contribution >= 4 is 28.9 Å². The predicted molar refractivity (Wildman–Crippen MR) is 96.7 cm³/mol. The molecule has 0 atom stereocenters. The topological polar surface area (TPSA) is 57.0 Å². The van der Waals surface area contributed by atoms with Gasteiger partial charge in [-0.05, 0) is 30.7 Å². The molecule has 5 nitrogen and oxygen atoms in total. The number of ether oxygens (including phenoxy) is 1. The van der Waals surface area contributed by atoms with Crippen molar-refractivity contribution in [2.75, 3.05) is 12.9 Å². The van der Waals surface area contributed by atoms with E-state index in [1.54, 1.807) is 24.8 Å². The quantitative estimate of drug-likeness (QED) is 0.473. The van der Waals surface area contributed by atoms with Crippen molar-refractivity contribution in [1.29, 1.82) is 0 Å². The summed E-state index contributed by atoms with van der Waals surface area (Å²) >= 11 is 2.94. The average Bonchev–Trinajstić information content (AvgIpc) is 3.28. The van der Waals surface area contributed by atoms with Crippen molar-refractivity contribution in [2.45, 2.75) is 18.5 Å². The lowest BCUT2D eigenvalue weighted by atomic mass is 10.3. The normalized spacial score (nSPS) is 10.8. The summed E-state index contributed by atoms with van der Waals surface area (Å²) in [7, 11) is 1.63. The highest BCUT2D eigenvalue weighted by atomic mass is 32.2. The van der Waals surface area contributed by atoms with Crippen molar-refractivity contribution in [3.63, 3.8) is 0 Å². The number of carbonyl (C=O) groups excluding carboxylic acids is 1. The van der Waals surface area contributed by atoms with Crippen LogP contribution in [0, 0.1) is 0 Å². The van der Waals surface area contributed by atoms with Crippen LogP contribution >= 0.6 is 23.1 Å². The Balaban J connectivity index is 1.75. The van der Waals surface area contributed by atoms with Gasteiger partial charge in [0.15, 0.2) is 10.9 Å². The Hall–Kier alpha value is -2.12. The summed E-state index contributed by atoms with van der Waals surface area (Å²) in [6.07, 6.45) is 2.58. The minimum atomic E-state index is 0.110. The third kappa shape index (κ3) is 3.52. The molecule has 0 saturated carbocycles. The number of aromatic nitrogens is 3. The van der Waals surface area contributed by atoms with Gasteiger partial charge in [0.1, 0.15) is 12.1 Å². The number of hydrogen-bond acceptors (Lipinski definition) is 6. The summed E-state index contributed by atoms with van der Waals surface area (Å²) in [5.74, 6) is 1.17. The van der Waals surface area contributed by atoms with Gasteiger partial charge in [-0.1, -0.05) is 30.8 Å². The molecular weight excluding hydrogens is 342 g/mol. The first-order chi connectivity index (χ1) is 11.7. The van der Waals surface area contributed by atoms with Crippen LogP contribution in [-0.4, -0.2) is 33.4 Å². The largest absolute Gasteiger partial charge is 0.495 e. The molecule has 0 fully saturated rings. The SMILES string of the molecule is CCc1ccc(C(=O)CSc2nncn2-c2ccccc2OC)s1. The number of methoxy groups -OCH3 is 1. The molecule has 0 aliphatic heterocycles. The summed E-state index contributed by atoms with van der Waals surface area (Å²) in [6.45, 7) is 2.09. The molecule has 0 spiro atoms. The maximum absolute atomic E-state index is 12.3. The number of thioether (sulfide) groups is 1. The van der Waals surface area contributed by atoms with Gasteiger partial charge < -0.3 is 4.74 Å². The standard InChI is InChI=1S/C17H17N3O2S2/c1-3-12-8-9-16(24-12)14(21)10-23-17-19-18-11-20(17)13-6-4-5-7-15(13)22-2/h4-9,11H,3,10H2,1-2H3. The molecule has 2 heterocycles. The van der Waals surface area contributed by atoms with Gasteiger partial charge >= 0.3 is 0 Å².